The summed E-state index contributed by atoms with van der Waals surface area (Å²) in [4.78, 5) is 1.32. The van der Waals surface area contributed by atoms with Crippen molar-refractivity contribution < 1.29 is 9.47 Å². The lowest BCUT2D eigenvalue weighted by molar-refractivity contribution is 0.306. The zero-order valence-corrected chi connectivity index (χ0v) is 14.0. The zero-order chi connectivity index (χ0) is 14.4. The topological polar surface area (TPSA) is 30.5 Å². The molecule has 0 saturated heterocycles. The van der Waals surface area contributed by atoms with Crippen molar-refractivity contribution in [2.75, 3.05) is 13.7 Å². The van der Waals surface area contributed by atoms with Crippen molar-refractivity contribution in [1.29, 1.82) is 0 Å². The first-order valence-electron chi connectivity index (χ1n) is 6.47. The third-order valence-electron chi connectivity index (χ3n) is 2.80. The molecule has 3 nitrogen and oxygen atoms in total. The minimum Gasteiger partial charge on any atom is -0.493 e. The van der Waals surface area contributed by atoms with Gasteiger partial charge in [-0.2, -0.15) is 0 Å². The molecule has 0 saturated carbocycles. The van der Waals surface area contributed by atoms with E-state index in [1.54, 1.807) is 18.4 Å². The predicted octanol–water partition coefficient (Wildman–Crippen LogP) is 4.21. The van der Waals surface area contributed by atoms with Crippen molar-refractivity contribution >= 4 is 27.3 Å². The second kappa shape index (κ2) is 7.67. The molecule has 1 N–H and O–H groups in total. The fraction of sp³-hybridized carbons (Fsp3) is 0.333. The highest BCUT2D eigenvalue weighted by atomic mass is 79.9. The first kappa shape index (κ1) is 15.4. The van der Waals surface area contributed by atoms with Crippen LogP contribution in [0.3, 0.4) is 0 Å². The largest absolute Gasteiger partial charge is 0.493 e. The van der Waals surface area contributed by atoms with Gasteiger partial charge in [0.2, 0.25) is 0 Å². The molecule has 0 amide bonds. The summed E-state index contributed by atoms with van der Waals surface area (Å²) in [6, 6.07) is 8.18. The predicted molar refractivity (Wildman–Crippen MR) is 86.7 cm³/mol. The van der Waals surface area contributed by atoms with Gasteiger partial charge in [-0.05, 0) is 30.5 Å². The number of hydrogen-bond acceptors (Lipinski definition) is 4. The first-order valence-corrected chi connectivity index (χ1v) is 8.14. The lowest BCUT2D eigenvalue weighted by Gasteiger charge is -2.15. The maximum atomic E-state index is 5.72. The average Bonchev–Trinajstić information content (AvgIpc) is 2.94. The summed E-state index contributed by atoms with van der Waals surface area (Å²) < 4.78 is 12.1. The van der Waals surface area contributed by atoms with Crippen molar-refractivity contribution in [3.63, 3.8) is 0 Å². The van der Waals surface area contributed by atoms with Crippen LogP contribution in [0, 0.1) is 0 Å². The van der Waals surface area contributed by atoms with Gasteiger partial charge in [0.05, 0.1) is 13.7 Å². The molecule has 0 spiro atoms. The molecule has 1 aromatic heterocycles. The Hall–Kier alpha value is -1.04. The van der Waals surface area contributed by atoms with Crippen molar-refractivity contribution in [3.8, 4) is 11.5 Å². The standard InChI is InChI=1S/C15H18BrNO2S/c1-3-19-15-11(7-12(16)8-14(15)18-2)9-17-10-13-5-4-6-20-13/h4-8,17H,3,9-10H2,1-2H3. The van der Waals surface area contributed by atoms with E-state index in [1.165, 1.54) is 4.88 Å². The smallest absolute Gasteiger partial charge is 0.165 e. The zero-order valence-electron chi connectivity index (χ0n) is 11.6. The van der Waals surface area contributed by atoms with E-state index >= 15 is 0 Å². The van der Waals surface area contributed by atoms with Crippen LogP contribution in [0.1, 0.15) is 17.4 Å². The van der Waals surface area contributed by atoms with Crippen molar-refractivity contribution in [3.05, 3.63) is 44.6 Å². The molecule has 0 radical (unpaired) electrons. The van der Waals surface area contributed by atoms with Crippen molar-refractivity contribution in [2.24, 2.45) is 0 Å². The molecule has 2 aromatic rings. The number of methoxy groups -OCH3 is 1. The fourth-order valence-electron chi connectivity index (χ4n) is 1.95. The number of nitrogens with one attached hydrogen (secondary N) is 1. The van der Waals surface area contributed by atoms with Gasteiger partial charge in [-0.1, -0.05) is 22.0 Å². The van der Waals surface area contributed by atoms with Gasteiger partial charge in [0.1, 0.15) is 0 Å². The van der Waals surface area contributed by atoms with Crippen LogP contribution >= 0.6 is 27.3 Å². The highest BCUT2D eigenvalue weighted by Crippen LogP contribution is 2.34. The van der Waals surface area contributed by atoms with Gasteiger partial charge in [0, 0.05) is 28.0 Å². The van der Waals surface area contributed by atoms with Crippen LogP contribution in [0.15, 0.2) is 34.1 Å². The van der Waals surface area contributed by atoms with Crippen LogP contribution < -0.4 is 14.8 Å². The molecule has 0 atom stereocenters. The maximum absolute atomic E-state index is 5.72. The Balaban J connectivity index is 2.10. The third-order valence-corrected chi connectivity index (χ3v) is 4.13. The summed E-state index contributed by atoms with van der Waals surface area (Å²) in [5.41, 5.74) is 1.09. The first-order chi connectivity index (χ1) is 9.74. The van der Waals surface area contributed by atoms with E-state index in [0.717, 1.165) is 34.6 Å². The summed E-state index contributed by atoms with van der Waals surface area (Å²) in [5, 5.41) is 5.52. The van der Waals surface area contributed by atoms with Gasteiger partial charge >= 0.3 is 0 Å². The Bertz CT molecular complexity index is 543. The Morgan fingerprint density at radius 2 is 2.15 bits per heavy atom. The van der Waals surface area contributed by atoms with E-state index in [9.17, 15) is 0 Å². The van der Waals surface area contributed by atoms with E-state index in [4.69, 9.17) is 9.47 Å². The molecule has 5 heteroatoms. The molecule has 1 aromatic carbocycles. The SMILES string of the molecule is CCOc1c(CNCc2cccs2)cc(Br)cc1OC. The van der Waals surface area contributed by atoms with Crippen LogP contribution in [0.2, 0.25) is 0 Å². The number of rotatable bonds is 7. The van der Waals surface area contributed by atoms with Crippen LogP contribution in [-0.2, 0) is 13.1 Å². The highest BCUT2D eigenvalue weighted by Gasteiger charge is 2.12. The van der Waals surface area contributed by atoms with E-state index < -0.39 is 0 Å². The molecule has 20 heavy (non-hydrogen) atoms. The molecule has 1 heterocycles. The van der Waals surface area contributed by atoms with Crippen LogP contribution in [0.25, 0.3) is 0 Å². The summed E-state index contributed by atoms with van der Waals surface area (Å²) >= 11 is 5.26. The Labute approximate surface area is 132 Å². The lowest BCUT2D eigenvalue weighted by Crippen LogP contribution is -2.13. The minimum atomic E-state index is 0.621. The van der Waals surface area contributed by atoms with E-state index in [1.807, 2.05) is 13.0 Å². The van der Waals surface area contributed by atoms with E-state index in [-0.39, 0.29) is 0 Å². The molecule has 0 bridgehead atoms. The van der Waals surface area contributed by atoms with Gasteiger partial charge in [-0.15, -0.1) is 11.3 Å². The number of thiophene rings is 1. The van der Waals surface area contributed by atoms with Crippen LogP contribution in [0.4, 0.5) is 0 Å². The monoisotopic (exact) mass is 355 g/mol. The second-order valence-corrected chi connectivity index (χ2v) is 6.16. The fourth-order valence-corrected chi connectivity index (χ4v) is 3.11. The molecular weight excluding hydrogens is 338 g/mol. The normalized spacial score (nSPS) is 10.6. The lowest BCUT2D eigenvalue weighted by atomic mass is 10.2. The Morgan fingerprint density at radius 1 is 1.30 bits per heavy atom. The summed E-state index contributed by atoms with van der Waals surface area (Å²) in [6.45, 7) is 4.20. The summed E-state index contributed by atoms with van der Waals surface area (Å²) in [7, 11) is 1.66. The van der Waals surface area contributed by atoms with Gasteiger partial charge in [0.15, 0.2) is 11.5 Å². The van der Waals surface area contributed by atoms with E-state index in [0.29, 0.717) is 6.61 Å². The Kier molecular flexibility index (Phi) is 5.88. The molecule has 0 aliphatic carbocycles. The molecule has 0 fully saturated rings. The molecule has 0 unspecified atom stereocenters. The average molecular weight is 356 g/mol. The minimum absolute atomic E-state index is 0.621. The number of halogens is 1. The summed E-state index contributed by atoms with van der Waals surface area (Å²) in [6.07, 6.45) is 0. The van der Waals surface area contributed by atoms with Gasteiger partial charge in [-0.25, -0.2) is 0 Å². The molecular formula is C15H18BrNO2S. The van der Waals surface area contributed by atoms with Crippen LogP contribution in [0.5, 0.6) is 11.5 Å². The second-order valence-electron chi connectivity index (χ2n) is 4.21. The quantitative estimate of drug-likeness (QED) is 0.806. The number of hydrogen-bond donors (Lipinski definition) is 1. The number of ether oxygens (including phenoxy) is 2. The Morgan fingerprint density at radius 3 is 2.80 bits per heavy atom. The molecule has 0 aliphatic rings. The third kappa shape index (κ3) is 3.98. The highest BCUT2D eigenvalue weighted by molar-refractivity contribution is 9.10. The molecule has 0 aliphatic heterocycles. The van der Waals surface area contributed by atoms with Crippen molar-refractivity contribution in [2.45, 2.75) is 20.0 Å². The molecule has 2 rings (SSSR count). The number of benzene rings is 1. The van der Waals surface area contributed by atoms with Gasteiger partial charge < -0.3 is 14.8 Å². The summed E-state index contributed by atoms with van der Waals surface area (Å²) in [5.74, 6) is 1.58. The van der Waals surface area contributed by atoms with Crippen molar-refractivity contribution in [1.82, 2.24) is 5.32 Å². The maximum Gasteiger partial charge on any atom is 0.165 e. The van der Waals surface area contributed by atoms with Crippen LogP contribution in [-0.4, -0.2) is 13.7 Å². The molecule has 108 valence electrons. The van der Waals surface area contributed by atoms with Gasteiger partial charge in [-0.3, -0.25) is 0 Å². The van der Waals surface area contributed by atoms with Gasteiger partial charge in [0.25, 0.3) is 0 Å². The van der Waals surface area contributed by atoms with E-state index in [2.05, 4.69) is 44.8 Å².